The van der Waals surface area contributed by atoms with E-state index in [1.54, 1.807) is 0 Å². The summed E-state index contributed by atoms with van der Waals surface area (Å²) in [7, 11) is 0. The minimum atomic E-state index is -0.597. The predicted molar refractivity (Wildman–Crippen MR) is 65.9 cm³/mol. The molecule has 1 heterocycles. The highest BCUT2D eigenvalue weighted by Crippen LogP contribution is 2.41. The highest BCUT2D eigenvalue weighted by Gasteiger charge is 2.31. The van der Waals surface area contributed by atoms with E-state index < -0.39 is 4.92 Å². The maximum atomic E-state index is 10.9. The third kappa shape index (κ3) is 2.85. The van der Waals surface area contributed by atoms with Crippen LogP contribution >= 0.6 is 11.6 Å². The number of nitrogens with one attached hydrogen (secondary N) is 1. The first-order chi connectivity index (χ1) is 8.63. The molecular weight excluding hydrogens is 260 g/mol. The van der Waals surface area contributed by atoms with Crippen LogP contribution in [0.1, 0.15) is 31.0 Å². The van der Waals surface area contributed by atoms with Crippen LogP contribution in [0.4, 0.5) is 11.5 Å². The molecule has 1 aromatic heterocycles. The maximum Gasteiger partial charge on any atom is 0.348 e. The van der Waals surface area contributed by atoms with E-state index >= 15 is 0 Å². The van der Waals surface area contributed by atoms with E-state index in [2.05, 4.69) is 15.3 Å². The van der Waals surface area contributed by atoms with Gasteiger partial charge in [-0.15, -0.1) is 0 Å². The Kier molecular flexibility index (Phi) is 3.93. The van der Waals surface area contributed by atoms with Crippen LogP contribution in [0.3, 0.4) is 0 Å². The van der Waals surface area contributed by atoms with E-state index in [9.17, 15) is 10.1 Å². The van der Waals surface area contributed by atoms with Crippen molar-refractivity contribution in [3.05, 3.63) is 21.1 Å². The van der Waals surface area contributed by atoms with Crippen molar-refractivity contribution in [2.24, 2.45) is 0 Å². The standard InChI is InChI=1S/C10H13ClN4O3/c11-8-7(15(17)18)10(12-4-1-5-16)14-9(13-8)6-2-3-6/h6,16H,1-5H2,(H,12,13,14). The maximum absolute atomic E-state index is 10.9. The molecule has 0 radical (unpaired) electrons. The van der Waals surface area contributed by atoms with Gasteiger partial charge in [-0.2, -0.15) is 0 Å². The van der Waals surface area contributed by atoms with Crippen molar-refractivity contribution in [1.82, 2.24) is 9.97 Å². The Bertz CT molecular complexity index is 465. The van der Waals surface area contributed by atoms with Gasteiger partial charge < -0.3 is 10.4 Å². The van der Waals surface area contributed by atoms with Gasteiger partial charge in [-0.05, 0) is 19.3 Å². The number of nitro groups is 1. The van der Waals surface area contributed by atoms with E-state index in [0.29, 0.717) is 18.8 Å². The highest BCUT2D eigenvalue weighted by molar-refractivity contribution is 6.31. The Morgan fingerprint density at radius 3 is 2.78 bits per heavy atom. The minimum absolute atomic E-state index is 0.00902. The molecule has 0 saturated heterocycles. The Labute approximate surface area is 108 Å². The molecule has 2 rings (SSSR count). The number of rotatable bonds is 6. The number of nitrogens with zero attached hydrogens (tertiary/aromatic N) is 3. The summed E-state index contributed by atoms with van der Waals surface area (Å²) in [5.74, 6) is 0.953. The first-order valence-corrected chi connectivity index (χ1v) is 6.08. The van der Waals surface area contributed by atoms with Crippen molar-refractivity contribution in [2.45, 2.75) is 25.2 Å². The number of aliphatic hydroxyl groups excluding tert-OH is 1. The Morgan fingerprint density at radius 2 is 2.22 bits per heavy atom. The number of anilines is 1. The lowest BCUT2D eigenvalue weighted by atomic mass is 10.3. The highest BCUT2D eigenvalue weighted by atomic mass is 35.5. The molecule has 0 aromatic carbocycles. The van der Waals surface area contributed by atoms with E-state index in [4.69, 9.17) is 16.7 Å². The van der Waals surface area contributed by atoms with Crippen LogP contribution in [-0.2, 0) is 0 Å². The zero-order chi connectivity index (χ0) is 13.1. The number of aromatic nitrogens is 2. The summed E-state index contributed by atoms with van der Waals surface area (Å²) in [5, 5.41) is 22.3. The number of aliphatic hydroxyl groups is 1. The molecule has 2 N–H and O–H groups in total. The smallest absolute Gasteiger partial charge is 0.348 e. The molecule has 1 aliphatic rings. The summed E-state index contributed by atoms with van der Waals surface area (Å²) in [4.78, 5) is 18.5. The molecule has 0 atom stereocenters. The van der Waals surface area contributed by atoms with Crippen LogP contribution in [-0.4, -0.2) is 33.1 Å². The lowest BCUT2D eigenvalue weighted by Crippen LogP contribution is -2.10. The summed E-state index contributed by atoms with van der Waals surface area (Å²) in [6.07, 6.45) is 2.46. The van der Waals surface area contributed by atoms with Crippen molar-refractivity contribution in [1.29, 1.82) is 0 Å². The summed E-state index contributed by atoms with van der Waals surface area (Å²) in [6.45, 7) is 0.407. The second-order valence-corrected chi connectivity index (χ2v) is 4.46. The molecule has 0 unspecified atom stereocenters. The third-order valence-corrected chi connectivity index (χ3v) is 2.87. The molecule has 0 amide bonds. The van der Waals surface area contributed by atoms with Gasteiger partial charge in [0, 0.05) is 19.1 Å². The Hall–Kier alpha value is -1.47. The molecule has 0 aliphatic heterocycles. The Balaban J connectivity index is 2.28. The molecule has 1 saturated carbocycles. The van der Waals surface area contributed by atoms with Gasteiger partial charge in [0.25, 0.3) is 0 Å². The molecular formula is C10H13ClN4O3. The van der Waals surface area contributed by atoms with Gasteiger partial charge in [0.2, 0.25) is 11.0 Å². The largest absolute Gasteiger partial charge is 0.396 e. The first kappa shape index (κ1) is 13.0. The van der Waals surface area contributed by atoms with Crippen molar-refractivity contribution in [2.75, 3.05) is 18.5 Å². The fourth-order valence-corrected chi connectivity index (χ4v) is 1.78. The van der Waals surface area contributed by atoms with Gasteiger partial charge >= 0.3 is 5.69 Å². The molecule has 0 spiro atoms. The minimum Gasteiger partial charge on any atom is -0.396 e. The van der Waals surface area contributed by atoms with Crippen LogP contribution in [0.2, 0.25) is 5.15 Å². The molecule has 98 valence electrons. The van der Waals surface area contributed by atoms with Crippen LogP contribution in [0.25, 0.3) is 0 Å². The van der Waals surface area contributed by atoms with E-state index in [-0.39, 0.29) is 29.2 Å². The average molecular weight is 273 g/mol. The summed E-state index contributed by atoms with van der Waals surface area (Å²) in [5.41, 5.74) is -0.306. The molecule has 18 heavy (non-hydrogen) atoms. The van der Waals surface area contributed by atoms with Crippen molar-refractivity contribution in [3.63, 3.8) is 0 Å². The monoisotopic (exact) mass is 272 g/mol. The molecule has 0 bridgehead atoms. The van der Waals surface area contributed by atoms with Crippen molar-refractivity contribution in [3.8, 4) is 0 Å². The van der Waals surface area contributed by atoms with Crippen LogP contribution in [0, 0.1) is 10.1 Å². The summed E-state index contributed by atoms with van der Waals surface area (Å²) >= 11 is 5.83. The third-order valence-electron chi connectivity index (χ3n) is 2.61. The Morgan fingerprint density at radius 1 is 1.50 bits per heavy atom. The van der Waals surface area contributed by atoms with Gasteiger partial charge in [0.15, 0.2) is 0 Å². The van der Waals surface area contributed by atoms with Gasteiger partial charge in [-0.25, -0.2) is 9.97 Å². The predicted octanol–water partition coefficient (Wildman–Crippen LogP) is 1.71. The number of hydrogen-bond donors (Lipinski definition) is 2. The van der Waals surface area contributed by atoms with Gasteiger partial charge in [0.05, 0.1) is 4.92 Å². The quantitative estimate of drug-likeness (QED) is 0.354. The zero-order valence-electron chi connectivity index (χ0n) is 9.60. The normalized spacial score (nSPS) is 14.6. The van der Waals surface area contributed by atoms with Crippen LogP contribution < -0.4 is 5.32 Å². The van der Waals surface area contributed by atoms with Gasteiger partial charge in [-0.3, -0.25) is 10.1 Å². The lowest BCUT2D eigenvalue weighted by molar-refractivity contribution is -0.384. The molecule has 1 fully saturated rings. The molecule has 7 nitrogen and oxygen atoms in total. The second kappa shape index (κ2) is 5.45. The lowest BCUT2D eigenvalue weighted by Gasteiger charge is -2.07. The number of hydrogen-bond acceptors (Lipinski definition) is 6. The average Bonchev–Trinajstić information content (AvgIpc) is 3.11. The van der Waals surface area contributed by atoms with Crippen LogP contribution in [0.15, 0.2) is 0 Å². The second-order valence-electron chi connectivity index (χ2n) is 4.11. The van der Waals surface area contributed by atoms with Gasteiger partial charge in [-0.1, -0.05) is 11.6 Å². The fourth-order valence-electron chi connectivity index (χ4n) is 1.54. The number of halogens is 1. The fraction of sp³-hybridized carbons (Fsp3) is 0.600. The summed E-state index contributed by atoms with van der Waals surface area (Å²) in [6, 6.07) is 0. The van der Waals surface area contributed by atoms with E-state index in [1.165, 1.54) is 0 Å². The van der Waals surface area contributed by atoms with Crippen molar-refractivity contribution < 1.29 is 10.0 Å². The van der Waals surface area contributed by atoms with E-state index in [0.717, 1.165) is 12.8 Å². The first-order valence-electron chi connectivity index (χ1n) is 5.70. The van der Waals surface area contributed by atoms with Crippen LogP contribution in [0.5, 0.6) is 0 Å². The molecule has 8 heteroatoms. The van der Waals surface area contributed by atoms with E-state index in [1.807, 2.05) is 0 Å². The molecule has 1 aliphatic carbocycles. The summed E-state index contributed by atoms with van der Waals surface area (Å²) < 4.78 is 0. The molecule has 1 aromatic rings. The zero-order valence-corrected chi connectivity index (χ0v) is 10.4. The SMILES string of the molecule is O=[N+]([O-])c1c(Cl)nc(C2CC2)nc1NCCCO. The van der Waals surface area contributed by atoms with Gasteiger partial charge in [0.1, 0.15) is 5.82 Å². The van der Waals surface area contributed by atoms with Crippen molar-refractivity contribution >= 4 is 23.1 Å². The topological polar surface area (TPSA) is 101 Å².